The van der Waals surface area contributed by atoms with Gasteiger partial charge in [0.25, 0.3) is 0 Å². The van der Waals surface area contributed by atoms with E-state index in [1.165, 1.54) is 18.2 Å². The van der Waals surface area contributed by atoms with Crippen molar-refractivity contribution >= 4 is 22.9 Å². The Hall–Kier alpha value is -3.00. The summed E-state index contributed by atoms with van der Waals surface area (Å²) in [5.41, 5.74) is 1.37. The minimum absolute atomic E-state index is 0.404. The molecule has 0 radical (unpaired) electrons. The summed E-state index contributed by atoms with van der Waals surface area (Å²) in [4.78, 5) is 22.4. The second-order valence-corrected chi connectivity index (χ2v) is 5.72. The van der Waals surface area contributed by atoms with Gasteiger partial charge in [-0.1, -0.05) is 0 Å². The third kappa shape index (κ3) is 2.80. The van der Waals surface area contributed by atoms with Gasteiger partial charge >= 0.3 is 6.09 Å². The number of aromatic nitrogens is 3. The van der Waals surface area contributed by atoms with Gasteiger partial charge in [-0.05, 0) is 24.3 Å². The largest absolute Gasteiger partial charge is 0.464 e. The summed E-state index contributed by atoms with van der Waals surface area (Å²) in [6, 6.07) is 5.62. The molecule has 2 aromatic heterocycles. The summed E-state index contributed by atoms with van der Waals surface area (Å²) in [7, 11) is 0. The predicted octanol–water partition coefficient (Wildman–Crippen LogP) is 2.60. The van der Waals surface area contributed by atoms with Crippen LogP contribution in [0.5, 0.6) is 0 Å². The number of carbonyl (C=O) groups is 1. The van der Waals surface area contributed by atoms with Crippen LogP contribution >= 0.6 is 0 Å². The maximum absolute atomic E-state index is 13.4. The smallest absolute Gasteiger partial charge is 0.416 e. The highest BCUT2D eigenvalue weighted by Crippen LogP contribution is 2.28. The number of hydrogen-bond acceptors (Lipinski definition) is 5. The van der Waals surface area contributed by atoms with Crippen molar-refractivity contribution in [2.75, 3.05) is 31.2 Å². The number of hydrogen-bond donors (Lipinski definition) is 1. The van der Waals surface area contributed by atoms with E-state index in [4.69, 9.17) is 4.74 Å². The number of anilines is 1. The van der Waals surface area contributed by atoms with E-state index in [-0.39, 0.29) is 0 Å². The molecule has 128 valence electrons. The molecule has 1 fully saturated rings. The van der Waals surface area contributed by atoms with E-state index in [1.54, 1.807) is 18.5 Å². The van der Waals surface area contributed by atoms with Crippen LogP contribution in [0, 0.1) is 5.82 Å². The summed E-state index contributed by atoms with van der Waals surface area (Å²) >= 11 is 0. The van der Waals surface area contributed by atoms with E-state index >= 15 is 0 Å². The first kappa shape index (κ1) is 15.5. The molecule has 0 saturated carbocycles. The molecular formula is C17H15FN4O3. The molecule has 7 nitrogen and oxygen atoms in total. The molecule has 25 heavy (non-hydrogen) atoms. The predicted molar refractivity (Wildman–Crippen MR) is 89.4 cm³/mol. The number of ether oxygens (including phenoxy) is 1. The monoisotopic (exact) mass is 342 g/mol. The number of morpholine rings is 1. The van der Waals surface area contributed by atoms with Gasteiger partial charge in [-0.3, -0.25) is 0 Å². The molecule has 1 aromatic carbocycles. The minimum Gasteiger partial charge on any atom is -0.464 e. The Kier molecular flexibility index (Phi) is 3.81. The molecule has 0 atom stereocenters. The number of carboxylic acid groups (broad SMARTS) is 1. The number of nitrogens with zero attached hydrogens (tertiary/aromatic N) is 4. The third-order valence-corrected chi connectivity index (χ3v) is 4.18. The van der Waals surface area contributed by atoms with Gasteiger partial charge in [0, 0.05) is 36.4 Å². The zero-order valence-electron chi connectivity index (χ0n) is 13.2. The number of halogens is 1. The quantitative estimate of drug-likeness (QED) is 0.771. The van der Waals surface area contributed by atoms with Crippen molar-refractivity contribution in [2.45, 2.75) is 0 Å². The first-order valence-electron chi connectivity index (χ1n) is 7.83. The maximum Gasteiger partial charge on any atom is 0.416 e. The van der Waals surface area contributed by atoms with Crippen LogP contribution in [-0.2, 0) is 4.74 Å². The highest BCUT2D eigenvalue weighted by Gasteiger charge is 2.18. The molecule has 0 amide bonds. The average molecular weight is 342 g/mol. The molecule has 1 saturated heterocycles. The van der Waals surface area contributed by atoms with Crippen LogP contribution in [0.2, 0.25) is 0 Å². The number of benzene rings is 1. The molecule has 3 heterocycles. The van der Waals surface area contributed by atoms with Crippen LogP contribution in [0.3, 0.4) is 0 Å². The zero-order chi connectivity index (χ0) is 17.4. The van der Waals surface area contributed by atoms with Crippen molar-refractivity contribution in [2.24, 2.45) is 0 Å². The second kappa shape index (κ2) is 6.14. The van der Waals surface area contributed by atoms with Crippen LogP contribution in [0.25, 0.3) is 22.2 Å². The van der Waals surface area contributed by atoms with Crippen molar-refractivity contribution < 1.29 is 19.0 Å². The zero-order valence-corrected chi connectivity index (χ0v) is 13.2. The van der Waals surface area contributed by atoms with E-state index in [1.807, 2.05) is 4.90 Å². The van der Waals surface area contributed by atoms with Crippen LogP contribution in [0.4, 0.5) is 15.1 Å². The molecule has 4 rings (SSSR count). The van der Waals surface area contributed by atoms with Gasteiger partial charge in [0.2, 0.25) is 5.95 Å². The Morgan fingerprint density at radius 1 is 1.16 bits per heavy atom. The van der Waals surface area contributed by atoms with Gasteiger partial charge in [0.05, 0.1) is 24.4 Å². The summed E-state index contributed by atoms with van der Waals surface area (Å²) in [5.74, 6) is 0.164. The second-order valence-electron chi connectivity index (χ2n) is 5.72. The SMILES string of the molecule is O=C(O)n1c(-c2cnc(N3CCOCC3)nc2)cc2cc(F)ccc21. The minimum atomic E-state index is -1.14. The van der Waals surface area contributed by atoms with Crippen molar-refractivity contribution in [3.8, 4) is 11.3 Å². The van der Waals surface area contributed by atoms with Gasteiger partial charge in [0.15, 0.2) is 0 Å². The first-order valence-corrected chi connectivity index (χ1v) is 7.83. The fourth-order valence-electron chi connectivity index (χ4n) is 2.98. The third-order valence-electron chi connectivity index (χ3n) is 4.18. The lowest BCUT2D eigenvalue weighted by Crippen LogP contribution is -2.37. The van der Waals surface area contributed by atoms with Crippen LogP contribution in [-0.4, -0.2) is 52.0 Å². The van der Waals surface area contributed by atoms with Crippen LogP contribution in [0.1, 0.15) is 0 Å². The van der Waals surface area contributed by atoms with Crippen LogP contribution in [0.15, 0.2) is 36.7 Å². The normalized spacial score (nSPS) is 14.8. The van der Waals surface area contributed by atoms with E-state index in [2.05, 4.69) is 9.97 Å². The lowest BCUT2D eigenvalue weighted by atomic mass is 10.2. The topological polar surface area (TPSA) is 80.5 Å². The lowest BCUT2D eigenvalue weighted by Gasteiger charge is -2.26. The van der Waals surface area contributed by atoms with E-state index in [0.29, 0.717) is 54.4 Å². The van der Waals surface area contributed by atoms with Gasteiger partial charge in [-0.2, -0.15) is 0 Å². The lowest BCUT2D eigenvalue weighted by molar-refractivity contribution is 0.122. The fourth-order valence-corrected chi connectivity index (χ4v) is 2.98. The number of rotatable bonds is 2. The van der Waals surface area contributed by atoms with E-state index in [9.17, 15) is 14.3 Å². The first-order chi connectivity index (χ1) is 12.1. The summed E-state index contributed by atoms with van der Waals surface area (Å²) in [6.07, 6.45) is 2.03. The Morgan fingerprint density at radius 3 is 2.56 bits per heavy atom. The van der Waals surface area contributed by atoms with Crippen molar-refractivity contribution in [3.05, 3.63) is 42.5 Å². The van der Waals surface area contributed by atoms with Gasteiger partial charge < -0.3 is 14.7 Å². The maximum atomic E-state index is 13.4. The molecule has 0 spiro atoms. The van der Waals surface area contributed by atoms with Crippen molar-refractivity contribution in [1.29, 1.82) is 0 Å². The Bertz CT molecular complexity index is 933. The van der Waals surface area contributed by atoms with E-state index < -0.39 is 11.9 Å². The molecular weight excluding hydrogens is 327 g/mol. The molecule has 0 aliphatic carbocycles. The van der Waals surface area contributed by atoms with Crippen LogP contribution < -0.4 is 4.90 Å². The van der Waals surface area contributed by atoms with Crippen molar-refractivity contribution in [1.82, 2.24) is 14.5 Å². The Morgan fingerprint density at radius 2 is 1.88 bits per heavy atom. The molecule has 8 heteroatoms. The molecule has 1 aliphatic heterocycles. The number of fused-ring (bicyclic) bond motifs is 1. The average Bonchev–Trinajstić information content (AvgIpc) is 3.01. The Labute approximate surface area is 142 Å². The molecule has 1 N–H and O–H groups in total. The van der Waals surface area contributed by atoms with Gasteiger partial charge in [0.1, 0.15) is 5.82 Å². The molecule has 0 unspecified atom stereocenters. The molecule has 1 aliphatic rings. The summed E-state index contributed by atoms with van der Waals surface area (Å²) in [6.45, 7) is 2.69. The van der Waals surface area contributed by atoms with E-state index in [0.717, 1.165) is 4.57 Å². The van der Waals surface area contributed by atoms with Gasteiger partial charge in [-0.15, -0.1) is 0 Å². The highest BCUT2D eigenvalue weighted by atomic mass is 19.1. The van der Waals surface area contributed by atoms with Crippen molar-refractivity contribution in [3.63, 3.8) is 0 Å². The Balaban J connectivity index is 1.76. The molecule has 0 bridgehead atoms. The highest BCUT2D eigenvalue weighted by molar-refractivity contribution is 5.95. The molecule has 3 aromatic rings. The van der Waals surface area contributed by atoms with Gasteiger partial charge in [-0.25, -0.2) is 23.7 Å². The standard InChI is InChI=1S/C17H15FN4O3/c18-13-1-2-14-11(7-13)8-15(22(14)17(23)24)12-9-19-16(20-10-12)21-3-5-25-6-4-21/h1-2,7-10H,3-6H2,(H,23,24). The fraction of sp³-hybridized carbons (Fsp3) is 0.235. The summed E-state index contributed by atoms with van der Waals surface area (Å²) in [5, 5.41) is 10.1. The summed E-state index contributed by atoms with van der Waals surface area (Å²) < 4.78 is 19.9.